The molecule has 0 saturated heterocycles. The number of benzene rings is 1. The fraction of sp³-hybridized carbons (Fsp3) is 0.0909. The van der Waals surface area contributed by atoms with Crippen LogP contribution in [-0.2, 0) is 4.79 Å². The van der Waals surface area contributed by atoms with Gasteiger partial charge in [-0.2, -0.15) is 0 Å². The van der Waals surface area contributed by atoms with Crippen LogP contribution >= 0.6 is 23.4 Å². The van der Waals surface area contributed by atoms with Gasteiger partial charge >= 0.3 is 0 Å². The minimum absolute atomic E-state index is 0.150. The van der Waals surface area contributed by atoms with Gasteiger partial charge in [-0.15, -0.1) is 0 Å². The van der Waals surface area contributed by atoms with Gasteiger partial charge in [0.2, 0.25) is 5.91 Å². The molecule has 94 valence electrons. The number of hydrogen-bond donors (Lipinski definition) is 3. The van der Waals surface area contributed by atoms with E-state index in [4.69, 9.17) is 17.3 Å². The van der Waals surface area contributed by atoms with E-state index in [1.54, 1.807) is 30.6 Å². The largest absolute Gasteiger partial charge is 0.399 e. The molecule has 0 bridgehead atoms. The third kappa shape index (κ3) is 3.41. The van der Waals surface area contributed by atoms with Crippen LogP contribution in [0.4, 0.5) is 11.4 Å². The molecular weight excluding hydrogens is 272 g/mol. The van der Waals surface area contributed by atoms with Crippen molar-refractivity contribution in [2.75, 3.05) is 16.8 Å². The summed E-state index contributed by atoms with van der Waals surface area (Å²) in [7, 11) is 0. The number of carbonyl (C=O) groups excluding carboxylic acids is 1. The van der Waals surface area contributed by atoms with E-state index >= 15 is 0 Å². The molecule has 0 spiro atoms. The highest BCUT2D eigenvalue weighted by Gasteiger charge is 2.07. The van der Waals surface area contributed by atoms with Crippen molar-refractivity contribution in [3.8, 4) is 0 Å². The van der Waals surface area contributed by atoms with Crippen LogP contribution in [0.2, 0.25) is 5.02 Å². The van der Waals surface area contributed by atoms with E-state index in [0.717, 1.165) is 0 Å². The van der Waals surface area contributed by atoms with E-state index in [2.05, 4.69) is 15.3 Å². The highest BCUT2D eigenvalue weighted by atomic mass is 35.5. The second-order valence-corrected chi connectivity index (χ2v) is 4.84. The molecule has 18 heavy (non-hydrogen) atoms. The molecular formula is C11H11ClN4OS. The van der Waals surface area contributed by atoms with Crippen LogP contribution in [0.1, 0.15) is 0 Å². The molecule has 0 unspecified atom stereocenters. The number of H-pyrrole nitrogens is 1. The number of hydrogen-bond acceptors (Lipinski definition) is 4. The highest BCUT2D eigenvalue weighted by Crippen LogP contribution is 2.24. The number of aromatic amines is 1. The van der Waals surface area contributed by atoms with Gasteiger partial charge in [0.05, 0.1) is 16.5 Å². The molecule has 4 N–H and O–H groups in total. The number of halogens is 1. The maximum absolute atomic E-state index is 11.7. The molecule has 1 heterocycles. The minimum atomic E-state index is -0.150. The van der Waals surface area contributed by atoms with Gasteiger partial charge in [0, 0.05) is 18.1 Å². The first-order chi connectivity index (χ1) is 8.65. The van der Waals surface area contributed by atoms with Crippen molar-refractivity contribution in [2.24, 2.45) is 0 Å². The summed E-state index contributed by atoms with van der Waals surface area (Å²) >= 11 is 7.27. The van der Waals surface area contributed by atoms with Crippen LogP contribution in [0.5, 0.6) is 0 Å². The number of amides is 1. The lowest BCUT2D eigenvalue weighted by Gasteiger charge is -2.07. The molecule has 0 saturated carbocycles. The Balaban J connectivity index is 1.91. The Kier molecular flexibility index (Phi) is 4.11. The molecule has 0 fully saturated rings. The fourth-order valence-corrected chi connectivity index (χ4v) is 2.15. The van der Waals surface area contributed by atoms with Gasteiger partial charge in [-0.1, -0.05) is 23.4 Å². The van der Waals surface area contributed by atoms with Gasteiger partial charge in [-0.25, -0.2) is 4.98 Å². The number of nitrogens with one attached hydrogen (secondary N) is 2. The fourth-order valence-electron chi connectivity index (χ4n) is 1.28. The van der Waals surface area contributed by atoms with Crippen LogP contribution in [0.3, 0.4) is 0 Å². The number of nitrogen functional groups attached to an aromatic ring is 1. The van der Waals surface area contributed by atoms with E-state index < -0.39 is 0 Å². The first-order valence-corrected chi connectivity index (χ1v) is 6.48. The summed E-state index contributed by atoms with van der Waals surface area (Å²) < 4.78 is 0. The van der Waals surface area contributed by atoms with Crippen LogP contribution in [0, 0.1) is 0 Å². The molecule has 2 rings (SSSR count). The lowest BCUT2D eigenvalue weighted by Crippen LogP contribution is -2.14. The average Bonchev–Trinajstić information content (AvgIpc) is 2.83. The topological polar surface area (TPSA) is 83.8 Å². The van der Waals surface area contributed by atoms with Crippen molar-refractivity contribution in [1.82, 2.24) is 9.97 Å². The van der Waals surface area contributed by atoms with Crippen LogP contribution < -0.4 is 11.1 Å². The van der Waals surface area contributed by atoms with Gasteiger partial charge in [0.25, 0.3) is 0 Å². The van der Waals surface area contributed by atoms with E-state index in [1.165, 1.54) is 11.8 Å². The van der Waals surface area contributed by atoms with Gasteiger partial charge in [0.15, 0.2) is 5.16 Å². The predicted molar refractivity (Wildman–Crippen MR) is 73.8 cm³/mol. The Morgan fingerprint density at radius 3 is 3.06 bits per heavy atom. The molecule has 5 nitrogen and oxygen atoms in total. The Bertz CT molecular complexity index is 544. The standard InChI is InChI=1S/C11H11ClN4OS/c12-8-5-7(13)1-2-9(8)16-10(17)6-18-11-14-3-4-15-11/h1-5H,6,13H2,(H,14,15)(H,16,17). The van der Waals surface area contributed by atoms with Crippen LogP contribution in [0.15, 0.2) is 35.7 Å². The molecule has 0 radical (unpaired) electrons. The number of anilines is 2. The summed E-state index contributed by atoms with van der Waals surface area (Å²) in [5.74, 6) is 0.108. The number of imidazole rings is 1. The Labute approximate surface area is 113 Å². The average molecular weight is 283 g/mol. The lowest BCUT2D eigenvalue weighted by molar-refractivity contribution is -0.113. The summed E-state index contributed by atoms with van der Waals surface area (Å²) in [4.78, 5) is 18.6. The highest BCUT2D eigenvalue weighted by molar-refractivity contribution is 7.99. The molecule has 0 atom stereocenters. The summed E-state index contributed by atoms with van der Waals surface area (Å²) in [5.41, 5.74) is 6.68. The van der Waals surface area contributed by atoms with Crippen molar-refractivity contribution in [1.29, 1.82) is 0 Å². The smallest absolute Gasteiger partial charge is 0.234 e. The second-order valence-electron chi connectivity index (χ2n) is 3.47. The summed E-state index contributed by atoms with van der Waals surface area (Å²) in [6, 6.07) is 4.95. The van der Waals surface area contributed by atoms with E-state index in [-0.39, 0.29) is 11.7 Å². The summed E-state index contributed by atoms with van der Waals surface area (Å²) in [6.45, 7) is 0. The molecule has 0 aliphatic rings. The number of rotatable bonds is 4. The van der Waals surface area contributed by atoms with Crippen molar-refractivity contribution in [2.45, 2.75) is 5.16 Å². The number of carbonyl (C=O) groups is 1. The normalized spacial score (nSPS) is 10.3. The molecule has 0 aliphatic heterocycles. The summed E-state index contributed by atoms with van der Waals surface area (Å²) in [6.07, 6.45) is 3.34. The maximum Gasteiger partial charge on any atom is 0.234 e. The molecule has 7 heteroatoms. The zero-order chi connectivity index (χ0) is 13.0. The first-order valence-electron chi connectivity index (χ1n) is 5.12. The zero-order valence-electron chi connectivity index (χ0n) is 9.31. The van der Waals surface area contributed by atoms with Crippen molar-refractivity contribution < 1.29 is 4.79 Å². The monoisotopic (exact) mass is 282 g/mol. The molecule has 1 aromatic carbocycles. The quantitative estimate of drug-likeness (QED) is 0.594. The Morgan fingerprint density at radius 1 is 1.56 bits per heavy atom. The van der Waals surface area contributed by atoms with E-state index in [9.17, 15) is 4.79 Å². The van der Waals surface area contributed by atoms with Gasteiger partial charge < -0.3 is 16.0 Å². The maximum atomic E-state index is 11.7. The molecule has 1 aromatic heterocycles. The Morgan fingerprint density at radius 2 is 2.39 bits per heavy atom. The first kappa shape index (κ1) is 12.8. The third-order valence-electron chi connectivity index (χ3n) is 2.08. The number of thioether (sulfide) groups is 1. The number of aromatic nitrogens is 2. The number of nitrogens with two attached hydrogens (primary N) is 1. The minimum Gasteiger partial charge on any atom is -0.399 e. The van der Waals surface area contributed by atoms with Gasteiger partial charge in [-0.3, -0.25) is 4.79 Å². The Hall–Kier alpha value is -1.66. The predicted octanol–water partition coefficient (Wildman–Crippen LogP) is 2.38. The van der Waals surface area contributed by atoms with E-state index in [1.807, 2.05) is 0 Å². The number of nitrogens with zero attached hydrogens (tertiary/aromatic N) is 1. The molecule has 1 amide bonds. The van der Waals surface area contributed by atoms with Crippen molar-refractivity contribution in [3.63, 3.8) is 0 Å². The van der Waals surface area contributed by atoms with E-state index in [0.29, 0.717) is 21.6 Å². The summed E-state index contributed by atoms with van der Waals surface area (Å²) in [5, 5.41) is 3.84. The SMILES string of the molecule is Nc1ccc(NC(=O)CSc2ncc[nH]2)c(Cl)c1. The van der Waals surface area contributed by atoms with Gasteiger partial charge in [-0.05, 0) is 18.2 Å². The third-order valence-corrected chi connectivity index (χ3v) is 3.30. The lowest BCUT2D eigenvalue weighted by atomic mass is 10.3. The van der Waals surface area contributed by atoms with Crippen LogP contribution in [0.25, 0.3) is 0 Å². The van der Waals surface area contributed by atoms with Crippen molar-refractivity contribution in [3.05, 3.63) is 35.6 Å². The van der Waals surface area contributed by atoms with Crippen LogP contribution in [-0.4, -0.2) is 21.6 Å². The second kappa shape index (κ2) is 5.79. The molecule has 2 aromatic rings. The zero-order valence-corrected chi connectivity index (χ0v) is 10.9. The van der Waals surface area contributed by atoms with Gasteiger partial charge in [0.1, 0.15) is 0 Å². The molecule has 0 aliphatic carbocycles. The van der Waals surface area contributed by atoms with Crippen molar-refractivity contribution >= 4 is 40.6 Å².